The lowest BCUT2D eigenvalue weighted by Crippen LogP contribution is -2.47. The van der Waals surface area contributed by atoms with Crippen LogP contribution in [0.5, 0.6) is 0 Å². The highest BCUT2D eigenvalue weighted by atomic mass is 32.2. The van der Waals surface area contributed by atoms with Crippen LogP contribution in [0.15, 0.2) is 83.8 Å². The summed E-state index contributed by atoms with van der Waals surface area (Å²) in [5.41, 5.74) is 1.91. The fourth-order valence-corrected chi connectivity index (χ4v) is 6.25. The van der Waals surface area contributed by atoms with Crippen molar-refractivity contribution in [3.05, 3.63) is 102 Å². The molecule has 1 saturated heterocycles. The number of amides is 4. The highest BCUT2D eigenvalue weighted by Gasteiger charge is 2.31. The summed E-state index contributed by atoms with van der Waals surface area (Å²) in [6, 6.07) is 22.0. The molecule has 6 nitrogen and oxygen atoms in total. The third-order valence-electron chi connectivity index (χ3n) is 7.74. The van der Waals surface area contributed by atoms with E-state index in [4.69, 9.17) is 0 Å². The Morgan fingerprint density at radius 1 is 0.930 bits per heavy atom. The van der Waals surface area contributed by atoms with Crippen molar-refractivity contribution in [2.24, 2.45) is 5.92 Å². The van der Waals surface area contributed by atoms with E-state index in [1.165, 1.54) is 40.9 Å². The summed E-state index contributed by atoms with van der Waals surface area (Å²) in [7, 11) is 0. The smallest absolute Gasteiger partial charge is 0.324 e. The molecule has 0 radical (unpaired) electrons. The molecule has 0 bridgehead atoms. The standard InChI is InChI=1S/C34H39F2N3O3S/c1-2-37-34(42)39(33(41)24-43-30-8-4-3-5-9-30)23-25-20-21-38(22-25)32(40)11-7-6-10-31(26-12-16-28(35)17-13-26)27-14-18-29(36)19-15-27/h3-5,8-9,12-19,25,31H,2,6-7,10-11,20-24H2,1H3,(H,37,42). The Morgan fingerprint density at radius 3 is 2.16 bits per heavy atom. The summed E-state index contributed by atoms with van der Waals surface area (Å²) >= 11 is 1.40. The van der Waals surface area contributed by atoms with Crippen LogP contribution < -0.4 is 5.32 Å². The third kappa shape index (κ3) is 9.64. The van der Waals surface area contributed by atoms with Gasteiger partial charge in [-0.25, -0.2) is 13.6 Å². The van der Waals surface area contributed by atoms with E-state index < -0.39 is 6.03 Å². The zero-order chi connectivity index (χ0) is 30.6. The maximum atomic E-state index is 13.5. The SMILES string of the molecule is CCNC(=O)N(CC1CCN(C(=O)CCCCC(c2ccc(F)cc2)c2ccc(F)cc2)C1)C(=O)CSc1ccccc1. The summed E-state index contributed by atoms with van der Waals surface area (Å²) in [5.74, 6) is -0.627. The van der Waals surface area contributed by atoms with Gasteiger partial charge >= 0.3 is 6.03 Å². The predicted molar refractivity (Wildman–Crippen MR) is 166 cm³/mol. The van der Waals surface area contributed by atoms with E-state index in [0.29, 0.717) is 32.5 Å². The van der Waals surface area contributed by atoms with Crippen molar-refractivity contribution in [1.82, 2.24) is 15.1 Å². The third-order valence-corrected chi connectivity index (χ3v) is 8.73. The van der Waals surface area contributed by atoms with Crippen LogP contribution in [-0.4, -0.2) is 59.6 Å². The van der Waals surface area contributed by atoms with E-state index in [9.17, 15) is 23.2 Å². The van der Waals surface area contributed by atoms with Gasteiger partial charge in [-0.05, 0) is 79.6 Å². The first-order valence-electron chi connectivity index (χ1n) is 14.9. The van der Waals surface area contributed by atoms with E-state index in [1.807, 2.05) is 42.2 Å². The Labute approximate surface area is 256 Å². The molecule has 3 aromatic rings. The monoisotopic (exact) mass is 607 g/mol. The predicted octanol–water partition coefficient (Wildman–Crippen LogP) is 6.86. The number of likely N-dealkylation sites (tertiary alicyclic amines) is 1. The fourth-order valence-electron chi connectivity index (χ4n) is 5.45. The van der Waals surface area contributed by atoms with Crippen LogP contribution in [0, 0.1) is 17.6 Å². The Balaban J connectivity index is 1.27. The molecule has 4 rings (SSSR count). The molecule has 1 heterocycles. The maximum Gasteiger partial charge on any atom is 0.324 e. The summed E-state index contributed by atoms with van der Waals surface area (Å²) < 4.78 is 27.1. The van der Waals surface area contributed by atoms with E-state index in [0.717, 1.165) is 35.3 Å². The lowest BCUT2D eigenvalue weighted by molar-refractivity contribution is -0.130. The van der Waals surface area contributed by atoms with E-state index in [1.54, 1.807) is 24.3 Å². The van der Waals surface area contributed by atoms with Gasteiger partial charge in [0.1, 0.15) is 11.6 Å². The first-order valence-corrected chi connectivity index (χ1v) is 15.9. The fraction of sp³-hybridized carbons (Fsp3) is 0.382. The number of nitrogens with one attached hydrogen (secondary N) is 1. The summed E-state index contributed by atoms with van der Waals surface area (Å²) in [6.07, 6.45) is 3.36. The first kappa shape index (κ1) is 32.2. The molecule has 1 aliphatic rings. The molecule has 0 spiro atoms. The van der Waals surface area contributed by atoms with Crippen molar-refractivity contribution < 1.29 is 23.2 Å². The zero-order valence-electron chi connectivity index (χ0n) is 24.5. The highest BCUT2D eigenvalue weighted by molar-refractivity contribution is 8.00. The number of carbonyl (C=O) groups excluding carboxylic acids is 3. The maximum absolute atomic E-state index is 13.5. The van der Waals surface area contributed by atoms with Crippen LogP contribution in [0.4, 0.5) is 13.6 Å². The van der Waals surface area contributed by atoms with Gasteiger partial charge in [0.15, 0.2) is 0 Å². The largest absolute Gasteiger partial charge is 0.342 e. The van der Waals surface area contributed by atoms with Gasteiger partial charge in [-0.3, -0.25) is 14.5 Å². The van der Waals surface area contributed by atoms with Crippen molar-refractivity contribution in [2.45, 2.75) is 49.8 Å². The van der Waals surface area contributed by atoms with Crippen LogP contribution in [0.2, 0.25) is 0 Å². The van der Waals surface area contributed by atoms with Crippen LogP contribution in [0.25, 0.3) is 0 Å². The second-order valence-corrected chi connectivity index (χ2v) is 11.9. The number of thioether (sulfide) groups is 1. The molecule has 1 N–H and O–H groups in total. The lowest BCUT2D eigenvalue weighted by atomic mass is 9.87. The van der Waals surface area contributed by atoms with Crippen molar-refractivity contribution in [1.29, 1.82) is 0 Å². The molecule has 0 saturated carbocycles. The van der Waals surface area contributed by atoms with Gasteiger partial charge in [0.05, 0.1) is 5.75 Å². The normalized spacial score (nSPS) is 14.6. The second-order valence-electron chi connectivity index (χ2n) is 10.8. The van der Waals surface area contributed by atoms with Gasteiger partial charge in [0, 0.05) is 43.4 Å². The molecule has 1 atom stereocenters. The number of hydrogen-bond donors (Lipinski definition) is 1. The minimum Gasteiger partial charge on any atom is -0.342 e. The van der Waals surface area contributed by atoms with Crippen molar-refractivity contribution in [3.8, 4) is 0 Å². The number of nitrogens with zero attached hydrogens (tertiary/aromatic N) is 2. The van der Waals surface area contributed by atoms with Gasteiger partial charge in [0.2, 0.25) is 11.8 Å². The number of unbranched alkanes of at least 4 members (excludes halogenated alkanes) is 1. The molecular weight excluding hydrogens is 568 g/mol. The molecule has 0 aliphatic carbocycles. The summed E-state index contributed by atoms with van der Waals surface area (Å²) in [6.45, 7) is 3.64. The summed E-state index contributed by atoms with van der Waals surface area (Å²) in [4.78, 5) is 42.9. The van der Waals surface area contributed by atoms with E-state index in [-0.39, 0.29) is 47.6 Å². The van der Waals surface area contributed by atoms with Gasteiger partial charge in [-0.1, -0.05) is 48.9 Å². The molecular formula is C34H39F2N3O3S. The number of urea groups is 1. The first-order chi connectivity index (χ1) is 20.8. The molecule has 4 amide bonds. The van der Waals surface area contributed by atoms with Crippen LogP contribution >= 0.6 is 11.8 Å². The minimum atomic E-state index is -0.400. The average molecular weight is 608 g/mol. The van der Waals surface area contributed by atoms with Crippen LogP contribution in [0.1, 0.15) is 56.1 Å². The van der Waals surface area contributed by atoms with E-state index >= 15 is 0 Å². The second kappa shape index (κ2) is 16.2. The molecule has 228 valence electrons. The Kier molecular flexibility index (Phi) is 12.1. The van der Waals surface area contributed by atoms with Crippen molar-refractivity contribution in [3.63, 3.8) is 0 Å². The van der Waals surface area contributed by atoms with Crippen molar-refractivity contribution in [2.75, 3.05) is 31.9 Å². The molecule has 9 heteroatoms. The van der Waals surface area contributed by atoms with Crippen LogP contribution in [-0.2, 0) is 9.59 Å². The minimum absolute atomic E-state index is 0.0229. The number of carbonyl (C=O) groups is 3. The Bertz CT molecular complexity index is 1290. The lowest BCUT2D eigenvalue weighted by Gasteiger charge is -2.24. The average Bonchev–Trinajstić information content (AvgIpc) is 3.49. The van der Waals surface area contributed by atoms with Gasteiger partial charge in [-0.15, -0.1) is 11.8 Å². The molecule has 1 fully saturated rings. The molecule has 43 heavy (non-hydrogen) atoms. The number of imide groups is 1. The zero-order valence-corrected chi connectivity index (χ0v) is 25.3. The molecule has 1 unspecified atom stereocenters. The number of benzene rings is 3. The molecule has 1 aliphatic heterocycles. The Hall–Kier alpha value is -3.72. The summed E-state index contributed by atoms with van der Waals surface area (Å²) in [5, 5.41) is 2.74. The van der Waals surface area contributed by atoms with Gasteiger partial charge in [-0.2, -0.15) is 0 Å². The number of hydrogen-bond acceptors (Lipinski definition) is 4. The highest BCUT2D eigenvalue weighted by Crippen LogP contribution is 2.31. The van der Waals surface area contributed by atoms with Crippen molar-refractivity contribution >= 4 is 29.6 Å². The van der Waals surface area contributed by atoms with Gasteiger partial charge < -0.3 is 10.2 Å². The topological polar surface area (TPSA) is 69.7 Å². The van der Waals surface area contributed by atoms with E-state index in [2.05, 4.69) is 5.32 Å². The quantitative estimate of drug-likeness (QED) is 0.170. The number of halogens is 2. The molecule has 0 aromatic heterocycles. The van der Waals surface area contributed by atoms with Gasteiger partial charge in [0.25, 0.3) is 0 Å². The molecule has 3 aromatic carbocycles. The Morgan fingerprint density at radius 2 is 1.56 bits per heavy atom. The number of rotatable bonds is 13. The van der Waals surface area contributed by atoms with Crippen LogP contribution in [0.3, 0.4) is 0 Å².